The van der Waals surface area contributed by atoms with Gasteiger partial charge in [0.25, 0.3) is 0 Å². The Balaban J connectivity index is 2.54. The third-order valence-corrected chi connectivity index (χ3v) is 3.18. The summed E-state index contributed by atoms with van der Waals surface area (Å²) in [4.78, 5) is 0. The Hall–Kier alpha value is -1.02. The number of rotatable bonds is 9. The van der Waals surface area contributed by atoms with Crippen LogP contribution in [0.15, 0.2) is 24.3 Å². The van der Waals surface area contributed by atoms with Gasteiger partial charge in [-0.05, 0) is 43.9 Å². The number of hydrogen-bond acceptors (Lipinski definition) is 2. The number of nitrogens with one attached hydrogen (secondary N) is 1. The average Bonchev–Trinajstić information content (AvgIpc) is 2.42. The highest BCUT2D eigenvalue weighted by molar-refractivity contribution is 5.33. The summed E-state index contributed by atoms with van der Waals surface area (Å²) in [5, 5.41) is 3.52. The van der Waals surface area contributed by atoms with Crippen LogP contribution in [0.1, 0.15) is 45.6 Å². The molecule has 2 nitrogen and oxygen atoms in total. The van der Waals surface area contributed by atoms with Gasteiger partial charge in [0, 0.05) is 6.04 Å². The smallest absolute Gasteiger partial charge is 0.122 e. The quantitative estimate of drug-likeness (QED) is 0.719. The first-order valence-corrected chi connectivity index (χ1v) is 7.25. The lowest BCUT2D eigenvalue weighted by molar-refractivity contribution is 0.313. The topological polar surface area (TPSA) is 21.3 Å². The molecule has 102 valence electrons. The zero-order valence-corrected chi connectivity index (χ0v) is 12.0. The van der Waals surface area contributed by atoms with Crippen molar-refractivity contribution < 1.29 is 4.74 Å². The van der Waals surface area contributed by atoms with E-state index >= 15 is 0 Å². The maximum Gasteiger partial charge on any atom is 0.122 e. The van der Waals surface area contributed by atoms with Gasteiger partial charge in [0.1, 0.15) is 5.75 Å². The van der Waals surface area contributed by atoms with Gasteiger partial charge >= 0.3 is 0 Å². The average molecular weight is 249 g/mol. The summed E-state index contributed by atoms with van der Waals surface area (Å²) >= 11 is 0. The molecule has 1 rings (SSSR count). The Morgan fingerprint density at radius 3 is 2.61 bits per heavy atom. The third kappa shape index (κ3) is 5.09. The Labute approximate surface area is 112 Å². The van der Waals surface area contributed by atoms with Gasteiger partial charge in [-0.25, -0.2) is 0 Å². The van der Waals surface area contributed by atoms with Crippen molar-refractivity contribution in [2.75, 3.05) is 13.2 Å². The second-order valence-corrected chi connectivity index (χ2v) is 4.66. The molecule has 0 aliphatic rings. The molecule has 0 aromatic heterocycles. The van der Waals surface area contributed by atoms with E-state index < -0.39 is 0 Å². The molecule has 0 saturated heterocycles. The zero-order chi connectivity index (χ0) is 13.2. The van der Waals surface area contributed by atoms with E-state index in [1.807, 2.05) is 0 Å². The third-order valence-electron chi connectivity index (χ3n) is 3.18. The van der Waals surface area contributed by atoms with Crippen molar-refractivity contribution in [2.24, 2.45) is 0 Å². The van der Waals surface area contributed by atoms with E-state index in [1.165, 1.54) is 18.4 Å². The molecule has 1 aromatic rings. The molecule has 1 atom stereocenters. The van der Waals surface area contributed by atoms with Crippen molar-refractivity contribution in [1.82, 2.24) is 5.32 Å². The normalized spacial score (nSPS) is 12.4. The minimum Gasteiger partial charge on any atom is -0.493 e. The van der Waals surface area contributed by atoms with Crippen LogP contribution in [0.25, 0.3) is 0 Å². The summed E-state index contributed by atoms with van der Waals surface area (Å²) in [7, 11) is 0. The van der Waals surface area contributed by atoms with Gasteiger partial charge in [0.05, 0.1) is 6.61 Å². The zero-order valence-electron chi connectivity index (χ0n) is 12.0. The van der Waals surface area contributed by atoms with Crippen molar-refractivity contribution in [3.8, 4) is 5.75 Å². The standard InChI is InChI=1S/C16H27NO/c1-4-13-18-16-10-8-7-9-14(16)11-12-15(5-2)17-6-3/h7-10,15,17H,4-6,11-13H2,1-3H3. The molecule has 18 heavy (non-hydrogen) atoms. The summed E-state index contributed by atoms with van der Waals surface area (Å²) in [6.07, 6.45) is 4.51. The molecule has 0 radical (unpaired) electrons. The van der Waals surface area contributed by atoms with Crippen LogP contribution in [0.5, 0.6) is 5.75 Å². The van der Waals surface area contributed by atoms with Crippen LogP contribution in [-0.2, 0) is 6.42 Å². The predicted octanol–water partition coefficient (Wildman–Crippen LogP) is 3.80. The van der Waals surface area contributed by atoms with E-state index in [4.69, 9.17) is 4.74 Å². The number of para-hydroxylation sites is 1. The fourth-order valence-corrected chi connectivity index (χ4v) is 2.13. The molecule has 2 heteroatoms. The molecule has 0 saturated carbocycles. The van der Waals surface area contributed by atoms with Crippen LogP contribution < -0.4 is 10.1 Å². The first kappa shape index (κ1) is 15.0. The Morgan fingerprint density at radius 1 is 1.17 bits per heavy atom. The number of ether oxygens (including phenoxy) is 1. The van der Waals surface area contributed by atoms with E-state index in [9.17, 15) is 0 Å². The van der Waals surface area contributed by atoms with Gasteiger partial charge in [-0.1, -0.05) is 39.0 Å². The SMILES string of the molecule is CCCOc1ccccc1CCC(CC)NCC. The highest BCUT2D eigenvalue weighted by atomic mass is 16.5. The second-order valence-electron chi connectivity index (χ2n) is 4.66. The van der Waals surface area contributed by atoms with E-state index in [-0.39, 0.29) is 0 Å². The number of hydrogen-bond donors (Lipinski definition) is 1. The van der Waals surface area contributed by atoms with Crippen molar-refractivity contribution in [3.63, 3.8) is 0 Å². The first-order valence-electron chi connectivity index (χ1n) is 7.25. The second kappa shape index (κ2) is 8.98. The van der Waals surface area contributed by atoms with E-state index in [1.54, 1.807) is 0 Å². The molecule has 0 aliphatic carbocycles. The van der Waals surface area contributed by atoms with Crippen LogP contribution in [-0.4, -0.2) is 19.2 Å². The lowest BCUT2D eigenvalue weighted by Gasteiger charge is -2.17. The fraction of sp³-hybridized carbons (Fsp3) is 0.625. The molecule has 0 aliphatic heterocycles. The van der Waals surface area contributed by atoms with Crippen molar-refractivity contribution >= 4 is 0 Å². The number of benzene rings is 1. The fourth-order valence-electron chi connectivity index (χ4n) is 2.13. The van der Waals surface area contributed by atoms with E-state index in [0.29, 0.717) is 6.04 Å². The van der Waals surface area contributed by atoms with Crippen LogP contribution in [0.2, 0.25) is 0 Å². The summed E-state index contributed by atoms with van der Waals surface area (Å²) in [5.41, 5.74) is 1.34. The molecular weight excluding hydrogens is 222 g/mol. The maximum atomic E-state index is 5.79. The van der Waals surface area contributed by atoms with Crippen LogP contribution in [0.3, 0.4) is 0 Å². The summed E-state index contributed by atoms with van der Waals surface area (Å²) < 4.78 is 5.79. The van der Waals surface area contributed by atoms with Crippen molar-refractivity contribution in [1.29, 1.82) is 0 Å². The Kier molecular flexibility index (Phi) is 7.51. The number of aryl methyl sites for hydroxylation is 1. The van der Waals surface area contributed by atoms with Crippen LogP contribution >= 0.6 is 0 Å². The first-order chi connectivity index (χ1) is 8.81. The van der Waals surface area contributed by atoms with Gasteiger partial charge in [-0.15, -0.1) is 0 Å². The van der Waals surface area contributed by atoms with Crippen LogP contribution in [0.4, 0.5) is 0 Å². The molecule has 0 spiro atoms. The van der Waals surface area contributed by atoms with Crippen LogP contribution in [0, 0.1) is 0 Å². The minimum absolute atomic E-state index is 0.620. The minimum atomic E-state index is 0.620. The predicted molar refractivity (Wildman–Crippen MR) is 78.3 cm³/mol. The Bertz CT molecular complexity index is 325. The molecule has 0 amide bonds. The van der Waals surface area contributed by atoms with Gasteiger partial charge in [0.2, 0.25) is 0 Å². The highest BCUT2D eigenvalue weighted by Crippen LogP contribution is 2.20. The summed E-state index contributed by atoms with van der Waals surface area (Å²) in [6, 6.07) is 9.04. The van der Waals surface area contributed by atoms with Crippen molar-refractivity contribution in [2.45, 2.75) is 52.5 Å². The molecule has 0 fully saturated rings. The molecular formula is C16H27NO. The van der Waals surface area contributed by atoms with Crippen molar-refractivity contribution in [3.05, 3.63) is 29.8 Å². The monoisotopic (exact) mass is 249 g/mol. The molecule has 1 aromatic carbocycles. The van der Waals surface area contributed by atoms with Gasteiger partial charge < -0.3 is 10.1 Å². The Morgan fingerprint density at radius 2 is 1.94 bits per heavy atom. The lowest BCUT2D eigenvalue weighted by Crippen LogP contribution is -2.28. The highest BCUT2D eigenvalue weighted by Gasteiger charge is 2.07. The molecule has 1 N–H and O–H groups in total. The van der Waals surface area contributed by atoms with E-state index in [2.05, 4.69) is 50.4 Å². The van der Waals surface area contributed by atoms with Gasteiger partial charge in [-0.3, -0.25) is 0 Å². The largest absolute Gasteiger partial charge is 0.493 e. The summed E-state index contributed by atoms with van der Waals surface area (Å²) in [5.74, 6) is 1.06. The molecule has 0 heterocycles. The van der Waals surface area contributed by atoms with Gasteiger partial charge in [0.15, 0.2) is 0 Å². The van der Waals surface area contributed by atoms with Gasteiger partial charge in [-0.2, -0.15) is 0 Å². The molecule has 1 unspecified atom stereocenters. The van der Waals surface area contributed by atoms with E-state index in [0.717, 1.165) is 31.7 Å². The maximum absolute atomic E-state index is 5.79. The summed E-state index contributed by atoms with van der Waals surface area (Å²) in [6.45, 7) is 8.41. The molecule has 0 bridgehead atoms. The lowest BCUT2D eigenvalue weighted by atomic mass is 10.0.